The molecule has 2 atom stereocenters. The zero-order valence-electron chi connectivity index (χ0n) is 6.84. The molecule has 0 saturated carbocycles. The van der Waals surface area contributed by atoms with E-state index in [1.54, 1.807) is 0 Å². The molecule has 0 aromatic heterocycles. The minimum Gasteiger partial charge on any atom is -0.0885 e. The molecule has 0 bridgehead atoms. The van der Waals surface area contributed by atoms with Crippen LogP contribution in [0.2, 0.25) is 0 Å². The van der Waals surface area contributed by atoms with Crippen molar-refractivity contribution in [3.63, 3.8) is 0 Å². The first-order valence-electron chi connectivity index (χ1n) is 4.32. The van der Waals surface area contributed by atoms with Crippen molar-refractivity contribution in [2.75, 3.05) is 0 Å². The van der Waals surface area contributed by atoms with E-state index in [4.69, 9.17) is 0 Å². The maximum atomic E-state index is 4.15. The Morgan fingerprint density at radius 2 is 2.40 bits per heavy atom. The molecule has 0 heterocycles. The van der Waals surface area contributed by atoms with Crippen LogP contribution >= 0.6 is 0 Å². The number of hydrogen-bond acceptors (Lipinski definition) is 0. The van der Waals surface area contributed by atoms with Gasteiger partial charge in [0.15, 0.2) is 0 Å². The second kappa shape index (κ2) is 3.80. The van der Waals surface area contributed by atoms with Gasteiger partial charge < -0.3 is 0 Å². The Bertz CT molecular complexity index is 113. The Kier molecular flexibility index (Phi) is 2.98. The van der Waals surface area contributed by atoms with Crippen molar-refractivity contribution >= 4 is 0 Å². The summed E-state index contributed by atoms with van der Waals surface area (Å²) in [6.07, 6.45) is 9.73. The van der Waals surface area contributed by atoms with E-state index in [2.05, 4.69) is 26.0 Å². The maximum absolute atomic E-state index is 4.15. The molecule has 0 nitrogen and oxygen atoms in total. The fourth-order valence-electron chi connectivity index (χ4n) is 1.58. The van der Waals surface area contributed by atoms with Gasteiger partial charge in [0.05, 0.1) is 0 Å². The molecule has 0 saturated heterocycles. The number of allylic oxidation sites excluding steroid dienone is 2. The largest absolute Gasteiger partial charge is 0.0885 e. The lowest BCUT2D eigenvalue weighted by molar-refractivity contribution is 0.353. The Morgan fingerprint density at radius 3 is 2.90 bits per heavy atom. The van der Waals surface area contributed by atoms with Crippen molar-refractivity contribution < 1.29 is 0 Å². The molecule has 0 spiro atoms. The molecular weight excluding hydrogens is 120 g/mol. The molecule has 0 aliphatic heterocycles. The van der Waals surface area contributed by atoms with Crippen LogP contribution in [0.5, 0.6) is 0 Å². The average molecular weight is 137 g/mol. The Balaban J connectivity index is 2.33. The highest BCUT2D eigenvalue weighted by Crippen LogP contribution is 2.27. The van der Waals surface area contributed by atoms with E-state index in [0.29, 0.717) is 5.92 Å². The molecule has 0 aromatic rings. The standard InChI is InChI=1S/C10H17/c1-3-9(2)10-7-5-4-6-8-10/h4-5,9-10H,2-3,6-8H2,1H3. The van der Waals surface area contributed by atoms with Gasteiger partial charge in [-0.2, -0.15) is 0 Å². The van der Waals surface area contributed by atoms with Crippen molar-refractivity contribution in [3.8, 4) is 0 Å². The summed E-state index contributed by atoms with van der Waals surface area (Å²) < 4.78 is 0. The summed E-state index contributed by atoms with van der Waals surface area (Å²) in [6.45, 7) is 6.38. The highest BCUT2D eigenvalue weighted by atomic mass is 14.2. The molecular formula is C10H17. The van der Waals surface area contributed by atoms with Crippen LogP contribution in [-0.4, -0.2) is 0 Å². The first-order valence-corrected chi connectivity index (χ1v) is 4.32. The van der Waals surface area contributed by atoms with Crippen LogP contribution in [-0.2, 0) is 0 Å². The molecule has 2 unspecified atom stereocenters. The predicted molar refractivity (Wildman–Crippen MR) is 45.6 cm³/mol. The SMILES string of the molecule is [CH2]C(CC)C1CC=CCC1. The summed E-state index contributed by atoms with van der Waals surface area (Å²) >= 11 is 0. The Labute approximate surface area is 64.3 Å². The van der Waals surface area contributed by atoms with Gasteiger partial charge in [-0.25, -0.2) is 0 Å². The summed E-state index contributed by atoms with van der Waals surface area (Å²) in [5, 5.41) is 0. The van der Waals surface area contributed by atoms with Gasteiger partial charge in [-0.1, -0.05) is 25.5 Å². The molecule has 1 aliphatic carbocycles. The van der Waals surface area contributed by atoms with E-state index in [-0.39, 0.29) is 0 Å². The smallest absolute Gasteiger partial charge is 0.0319 e. The molecule has 1 aliphatic rings. The van der Waals surface area contributed by atoms with E-state index in [1.165, 1.54) is 25.7 Å². The van der Waals surface area contributed by atoms with E-state index < -0.39 is 0 Å². The summed E-state index contributed by atoms with van der Waals surface area (Å²) in [5.74, 6) is 1.56. The molecule has 57 valence electrons. The lowest BCUT2D eigenvalue weighted by Crippen LogP contribution is -2.12. The molecule has 0 fully saturated rings. The third kappa shape index (κ3) is 1.86. The highest BCUT2D eigenvalue weighted by Gasteiger charge is 2.15. The highest BCUT2D eigenvalue weighted by molar-refractivity contribution is 4.92. The van der Waals surface area contributed by atoms with Crippen LogP contribution in [0, 0.1) is 18.8 Å². The second-order valence-corrected chi connectivity index (χ2v) is 3.21. The zero-order valence-corrected chi connectivity index (χ0v) is 6.84. The van der Waals surface area contributed by atoms with Crippen molar-refractivity contribution in [2.24, 2.45) is 11.8 Å². The van der Waals surface area contributed by atoms with E-state index in [9.17, 15) is 0 Å². The molecule has 0 amide bonds. The van der Waals surface area contributed by atoms with E-state index in [0.717, 1.165) is 5.92 Å². The van der Waals surface area contributed by atoms with Gasteiger partial charge in [-0.05, 0) is 38.0 Å². The average Bonchev–Trinajstić information content (AvgIpc) is 2.05. The van der Waals surface area contributed by atoms with Crippen molar-refractivity contribution in [1.82, 2.24) is 0 Å². The summed E-state index contributed by atoms with van der Waals surface area (Å²) in [5.41, 5.74) is 0. The van der Waals surface area contributed by atoms with Gasteiger partial charge in [-0.3, -0.25) is 0 Å². The molecule has 10 heavy (non-hydrogen) atoms. The van der Waals surface area contributed by atoms with Gasteiger partial charge in [0.1, 0.15) is 0 Å². The van der Waals surface area contributed by atoms with Gasteiger partial charge in [-0.15, -0.1) is 0 Å². The topological polar surface area (TPSA) is 0 Å². The van der Waals surface area contributed by atoms with Crippen molar-refractivity contribution in [2.45, 2.75) is 32.6 Å². The first-order chi connectivity index (χ1) is 4.84. The number of hydrogen-bond donors (Lipinski definition) is 0. The van der Waals surface area contributed by atoms with E-state index in [1.807, 2.05) is 0 Å². The van der Waals surface area contributed by atoms with Crippen LogP contribution in [0.3, 0.4) is 0 Å². The first kappa shape index (κ1) is 7.84. The summed E-state index contributed by atoms with van der Waals surface area (Å²) in [4.78, 5) is 0. The third-order valence-corrected chi connectivity index (χ3v) is 2.50. The molecule has 1 rings (SSSR count). The maximum Gasteiger partial charge on any atom is -0.0319 e. The molecule has 0 heteroatoms. The fraction of sp³-hybridized carbons (Fsp3) is 0.700. The quantitative estimate of drug-likeness (QED) is 0.513. The van der Waals surface area contributed by atoms with Gasteiger partial charge in [0.25, 0.3) is 0 Å². The Morgan fingerprint density at radius 1 is 1.60 bits per heavy atom. The monoisotopic (exact) mass is 137 g/mol. The zero-order chi connectivity index (χ0) is 7.40. The van der Waals surface area contributed by atoms with Crippen LogP contribution in [0.1, 0.15) is 32.6 Å². The van der Waals surface area contributed by atoms with E-state index >= 15 is 0 Å². The van der Waals surface area contributed by atoms with Crippen LogP contribution < -0.4 is 0 Å². The van der Waals surface area contributed by atoms with Crippen LogP contribution in [0.15, 0.2) is 12.2 Å². The van der Waals surface area contributed by atoms with Crippen molar-refractivity contribution in [3.05, 3.63) is 19.1 Å². The summed E-state index contributed by atoms with van der Waals surface area (Å²) in [7, 11) is 0. The van der Waals surface area contributed by atoms with Gasteiger partial charge in [0.2, 0.25) is 0 Å². The van der Waals surface area contributed by atoms with Crippen LogP contribution in [0.4, 0.5) is 0 Å². The Hall–Kier alpha value is -0.260. The lowest BCUT2D eigenvalue weighted by atomic mass is 9.83. The normalized spacial score (nSPS) is 28.4. The third-order valence-electron chi connectivity index (χ3n) is 2.50. The molecule has 0 aromatic carbocycles. The minimum atomic E-state index is 0.685. The van der Waals surface area contributed by atoms with Gasteiger partial charge in [0, 0.05) is 0 Å². The predicted octanol–water partition coefficient (Wildman–Crippen LogP) is 3.20. The molecule has 1 radical (unpaired) electrons. The number of rotatable bonds is 2. The van der Waals surface area contributed by atoms with Crippen LogP contribution in [0.25, 0.3) is 0 Å². The molecule has 0 N–H and O–H groups in total. The second-order valence-electron chi connectivity index (χ2n) is 3.21. The fourth-order valence-corrected chi connectivity index (χ4v) is 1.58. The lowest BCUT2D eigenvalue weighted by Gasteiger charge is -2.23. The summed E-state index contributed by atoms with van der Waals surface area (Å²) in [6, 6.07) is 0. The minimum absolute atomic E-state index is 0.685. The van der Waals surface area contributed by atoms with Crippen molar-refractivity contribution in [1.29, 1.82) is 0 Å². The van der Waals surface area contributed by atoms with Gasteiger partial charge >= 0.3 is 0 Å².